The Bertz CT molecular complexity index is 1750. The summed E-state index contributed by atoms with van der Waals surface area (Å²) in [6.07, 6.45) is 9.52. The molecule has 0 aliphatic carbocycles. The molecule has 0 saturated carbocycles. The van der Waals surface area contributed by atoms with E-state index in [4.69, 9.17) is 9.47 Å². The van der Waals surface area contributed by atoms with Crippen molar-refractivity contribution >= 4 is 34.9 Å². The zero-order valence-corrected chi connectivity index (χ0v) is 26.0. The van der Waals surface area contributed by atoms with Gasteiger partial charge in [-0.25, -0.2) is 0 Å². The number of carbonyl (C=O) groups is 2. The first-order valence-corrected chi connectivity index (χ1v) is 16.3. The van der Waals surface area contributed by atoms with Gasteiger partial charge in [0.1, 0.15) is 24.9 Å². The van der Waals surface area contributed by atoms with Gasteiger partial charge in [-0.3, -0.25) is 18.8 Å². The Kier molecular flexibility index (Phi) is 7.31. The molecule has 0 bridgehead atoms. The van der Waals surface area contributed by atoms with Crippen molar-refractivity contribution in [2.45, 2.75) is 37.5 Å². The lowest BCUT2D eigenvalue weighted by molar-refractivity contribution is -0.160. The number of methoxy groups -OCH3 is 1. The molecule has 0 spiro atoms. The van der Waals surface area contributed by atoms with Gasteiger partial charge in [0, 0.05) is 68.2 Å². The number of aromatic amines is 1. The van der Waals surface area contributed by atoms with Gasteiger partial charge in [-0.2, -0.15) is 0 Å². The number of para-hydroxylation sites is 1. The quantitative estimate of drug-likeness (QED) is 0.289. The number of H-pyrrole nitrogens is 1. The van der Waals surface area contributed by atoms with E-state index in [0.29, 0.717) is 19.6 Å². The van der Waals surface area contributed by atoms with Crippen LogP contribution >= 0.6 is 12.1 Å². The van der Waals surface area contributed by atoms with E-state index in [1.165, 1.54) is 12.1 Å². The molecule has 2 amide bonds. The number of ether oxygens (including phenoxy) is 2. The van der Waals surface area contributed by atoms with E-state index in [1.807, 2.05) is 46.5 Å². The van der Waals surface area contributed by atoms with Crippen molar-refractivity contribution in [3.05, 3.63) is 101 Å². The molecule has 0 unspecified atom stereocenters. The third-order valence-electron chi connectivity index (χ3n) is 9.49. The Morgan fingerprint density at radius 1 is 1.09 bits per heavy atom. The van der Waals surface area contributed by atoms with E-state index in [-0.39, 0.29) is 30.4 Å². The van der Waals surface area contributed by atoms with Crippen molar-refractivity contribution in [3.63, 3.8) is 0 Å². The van der Waals surface area contributed by atoms with Gasteiger partial charge in [-0.15, -0.1) is 0 Å². The van der Waals surface area contributed by atoms with Crippen LogP contribution in [0.25, 0.3) is 10.9 Å². The van der Waals surface area contributed by atoms with E-state index in [1.54, 1.807) is 7.11 Å². The molecule has 3 atom stereocenters. The lowest BCUT2D eigenvalue weighted by Gasteiger charge is -2.48. The van der Waals surface area contributed by atoms with E-state index in [0.717, 1.165) is 70.8 Å². The molecule has 1 aromatic heterocycles. The summed E-state index contributed by atoms with van der Waals surface area (Å²) in [6.45, 7) is 3.54. The fourth-order valence-electron chi connectivity index (χ4n) is 7.41. The number of aromatic nitrogens is 1. The first-order chi connectivity index (χ1) is 22.1. The van der Waals surface area contributed by atoms with Crippen molar-refractivity contribution in [3.8, 4) is 5.75 Å². The fraction of sp³-hybridized carbons (Fsp3) is 0.353. The minimum absolute atomic E-state index is 0.00152. The van der Waals surface area contributed by atoms with Crippen LogP contribution < -0.4 is 9.46 Å². The lowest BCUT2D eigenvalue weighted by Crippen LogP contribution is -2.65. The fourth-order valence-corrected chi connectivity index (χ4v) is 8.03. The van der Waals surface area contributed by atoms with Gasteiger partial charge in [-0.05, 0) is 53.5 Å². The zero-order valence-electron chi connectivity index (χ0n) is 25.1. The molecule has 2 saturated heterocycles. The molecule has 2 aromatic carbocycles. The molecular formula is C34H36N6O4S. The topological polar surface area (TPSA) is 93.4 Å². The van der Waals surface area contributed by atoms with Crippen molar-refractivity contribution in [2.75, 3.05) is 40.0 Å². The summed E-state index contributed by atoms with van der Waals surface area (Å²) in [5.74, 6) is 0.878. The average molecular weight is 625 g/mol. The van der Waals surface area contributed by atoms with Gasteiger partial charge in [0.2, 0.25) is 11.8 Å². The van der Waals surface area contributed by atoms with Crippen molar-refractivity contribution in [1.82, 2.24) is 28.7 Å². The van der Waals surface area contributed by atoms with Crippen LogP contribution in [0.1, 0.15) is 29.3 Å². The van der Waals surface area contributed by atoms with Gasteiger partial charge in [0.25, 0.3) is 0 Å². The Morgan fingerprint density at radius 2 is 2.00 bits per heavy atom. The van der Waals surface area contributed by atoms with Crippen LogP contribution in [0.5, 0.6) is 5.75 Å². The highest BCUT2D eigenvalue weighted by molar-refractivity contribution is 7.95. The highest BCUT2D eigenvalue weighted by atomic mass is 32.2. The Hall–Kier alpha value is -4.19. The number of allylic oxidation sites excluding steroid dienone is 1. The van der Waals surface area contributed by atoms with Gasteiger partial charge >= 0.3 is 0 Å². The number of nitrogens with zero attached hydrogens (tertiary/aromatic N) is 4. The largest absolute Gasteiger partial charge is 0.491 e. The third-order valence-corrected chi connectivity index (χ3v) is 10.2. The summed E-state index contributed by atoms with van der Waals surface area (Å²) in [5.41, 5.74) is 6.35. The van der Waals surface area contributed by atoms with Crippen molar-refractivity contribution in [1.29, 1.82) is 0 Å². The van der Waals surface area contributed by atoms with Gasteiger partial charge in [-0.1, -0.05) is 30.3 Å². The van der Waals surface area contributed by atoms with Crippen molar-refractivity contribution in [2.24, 2.45) is 0 Å². The predicted molar refractivity (Wildman–Crippen MR) is 172 cm³/mol. The molecule has 0 radical (unpaired) electrons. The number of piperazine rings is 1. The number of likely N-dealkylation sites (tertiary alicyclic amines) is 1. The third kappa shape index (κ3) is 5.08. The Labute approximate surface area is 266 Å². The van der Waals surface area contributed by atoms with Crippen LogP contribution in [0.3, 0.4) is 0 Å². The highest BCUT2D eigenvalue weighted by Gasteiger charge is 2.50. The number of rotatable bonds is 8. The summed E-state index contributed by atoms with van der Waals surface area (Å²) in [5, 5.41) is 1.12. The molecule has 6 heterocycles. The number of hydrogen-bond donors (Lipinski definition) is 2. The number of benzene rings is 2. The molecule has 2 N–H and O–H groups in total. The standard InChI is InChI=1S/C34H36N6O4S/c1-43-13-14-44-26-6-4-5-22(15-26)19-37-11-10-24(20-37)38-21-31(41)40-30(34(38)42)17-28-27-7-2-3-8-29(27)36-32(28)33(40)23-9-12-39-25(16-23)18-35-45-39/h2-9,12,15-16,18,24,30,33,35-36H,10-11,13-14,17,19-21H2,1H3/t24-,30-,33-/m1/s1. The second kappa shape index (κ2) is 11.6. The Morgan fingerprint density at radius 3 is 2.91 bits per heavy atom. The molecular weight excluding hydrogens is 588 g/mol. The van der Waals surface area contributed by atoms with Gasteiger partial charge in [0.05, 0.1) is 30.5 Å². The monoisotopic (exact) mass is 624 g/mol. The van der Waals surface area contributed by atoms with E-state index < -0.39 is 6.04 Å². The average Bonchev–Trinajstić information content (AvgIpc) is 3.80. The molecule has 11 heteroatoms. The number of carbonyl (C=O) groups excluding carboxylic acids is 2. The predicted octanol–water partition coefficient (Wildman–Crippen LogP) is 3.87. The first-order valence-electron chi connectivity index (χ1n) is 15.5. The maximum absolute atomic E-state index is 14.4. The molecule has 3 aromatic rings. The van der Waals surface area contributed by atoms with E-state index in [9.17, 15) is 9.59 Å². The number of nitrogens with one attached hydrogen (secondary N) is 2. The second-order valence-electron chi connectivity index (χ2n) is 12.2. The summed E-state index contributed by atoms with van der Waals surface area (Å²) in [4.78, 5) is 38.3. The molecule has 45 heavy (non-hydrogen) atoms. The van der Waals surface area contributed by atoms with Crippen LogP contribution in [-0.4, -0.2) is 87.8 Å². The minimum Gasteiger partial charge on any atom is -0.491 e. The Balaban J connectivity index is 1.05. The van der Waals surface area contributed by atoms with E-state index >= 15 is 0 Å². The normalized spacial score (nSPS) is 24.4. The van der Waals surface area contributed by atoms with Crippen LogP contribution in [0, 0.1) is 0 Å². The molecule has 232 valence electrons. The highest BCUT2D eigenvalue weighted by Crippen LogP contribution is 2.45. The molecule has 5 aliphatic rings. The zero-order chi connectivity index (χ0) is 30.5. The molecule has 10 nitrogen and oxygen atoms in total. The number of amides is 2. The summed E-state index contributed by atoms with van der Waals surface area (Å²) >= 11 is 1.50. The van der Waals surface area contributed by atoms with E-state index in [2.05, 4.69) is 55.3 Å². The first kappa shape index (κ1) is 28.3. The smallest absolute Gasteiger partial charge is 0.246 e. The lowest BCUT2D eigenvalue weighted by atomic mass is 9.85. The molecule has 8 rings (SSSR count). The molecule has 5 aliphatic heterocycles. The maximum atomic E-state index is 14.4. The van der Waals surface area contributed by atoms with Crippen LogP contribution in [0.2, 0.25) is 0 Å². The maximum Gasteiger partial charge on any atom is 0.246 e. The van der Waals surface area contributed by atoms with Gasteiger partial charge in [0.15, 0.2) is 0 Å². The minimum atomic E-state index is -0.546. The van der Waals surface area contributed by atoms with Crippen LogP contribution in [0.15, 0.2) is 84.4 Å². The number of hydrogen-bond acceptors (Lipinski definition) is 8. The summed E-state index contributed by atoms with van der Waals surface area (Å²) < 4.78 is 16.1. The van der Waals surface area contributed by atoms with Crippen molar-refractivity contribution < 1.29 is 19.1 Å². The van der Waals surface area contributed by atoms with Crippen LogP contribution in [0.4, 0.5) is 0 Å². The second-order valence-corrected chi connectivity index (χ2v) is 13.0. The van der Waals surface area contributed by atoms with Gasteiger partial charge < -0.3 is 29.0 Å². The van der Waals surface area contributed by atoms with Crippen LogP contribution in [-0.2, 0) is 27.3 Å². The number of fused-ring (bicyclic) bond motifs is 5. The SMILES string of the molecule is COCCOc1cccc(CN2CC[C@@H](N3CC(=O)N4[C@H](Cc5c([nH]c6ccccc56)[C@H]4C4=CC5=CNSN5C=C4)C3=O)C2)c1. The summed E-state index contributed by atoms with van der Waals surface area (Å²) in [7, 11) is 1.66. The summed E-state index contributed by atoms with van der Waals surface area (Å²) in [6, 6.07) is 15.5. The molecule has 2 fully saturated rings.